The molecule has 106 valence electrons. The van der Waals surface area contributed by atoms with Crippen molar-refractivity contribution in [2.24, 2.45) is 0 Å². The first-order valence-electron chi connectivity index (χ1n) is 5.47. The zero-order chi connectivity index (χ0) is 14.9. The molecule has 0 aliphatic carbocycles. The van der Waals surface area contributed by atoms with Gasteiger partial charge in [0.05, 0.1) is 33.1 Å². The molecule has 0 atom stereocenters. The third kappa shape index (κ3) is 3.27. The fourth-order valence-corrected chi connectivity index (χ4v) is 3.20. The van der Waals surface area contributed by atoms with Crippen LogP contribution in [0.4, 0.5) is 21.5 Å². The van der Waals surface area contributed by atoms with Crippen LogP contribution in [0, 0.1) is 5.82 Å². The van der Waals surface area contributed by atoms with Gasteiger partial charge in [0.25, 0.3) is 0 Å². The van der Waals surface area contributed by atoms with E-state index in [1.165, 1.54) is 6.07 Å². The molecule has 3 N–H and O–H groups in total. The van der Waals surface area contributed by atoms with Crippen molar-refractivity contribution in [3.8, 4) is 5.75 Å². The predicted octanol–water partition coefficient (Wildman–Crippen LogP) is 5.45. The summed E-state index contributed by atoms with van der Waals surface area (Å²) in [6.07, 6.45) is 0. The van der Waals surface area contributed by atoms with Crippen LogP contribution in [0.2, 0.25) is 0 Å². The summed E-state index contributed by atoms with van der Waals surface area (Å²) < 4.78 is 20.6. The lowest BCUT2D eigenvalue weighted by Gasteiger charge is -2.14. The molecule has 0 saturated heterocycles. The van der Waals surface area contributed by atoms with Crippen LogP contribution in [0.1, 0.15) is 0 Å². The van der Waals surface area contributed by atoms with Crippen molar-refractivity contribution in [3.63, 3.8) is 0 Å². The Kier molecular flexibility index (Phi) is 4.93. The Balaban J connectivity index is 2.42. The number of nitrogens with two attached hydrogens (primary N) is 1. The van der Waals surface area contributed by atoms with Crippen molar-refractivity contribution in [1.82, 2.24) is 0 Å². The van der Waals surface area contributed by atoms with E-state index in [9.17, 15) is 4.39 Å². The lowest BCUT2D eigenvalue weighted by molar-refractivity contribution is 0.412. The average molecular weight is 469 g/mol. The van der Waals surface area contributed by atoms with Crippen LogP contribution in [0.15, 0.2) is 37.7 Å². The number of methoxy groups -OCH3 is 1. The van der Waals surface area contributed by atoms with E-state index in [2.05, 4.69) is 53.1 Å². The molecular formula is C13H10Br3FN2O. The monoisotopic (exact) mass is 466 g/mol. The molecule has 0 saturated carbocycles. The highest BCUT2D eigenvalue weighted by atomic mass is 79.9. The molecule has 0 amide bonds. The van der Waals surface area contributed by atoms with E-state index in [1.807, 2.05) is 12.1 Å². The number of rotatable bonds is 3. The number of anilines is 3. The molecule has 0 fully saturated rings. The molecule has 2 aromatic carbocycles. The van der Waals surface area contributed by atoms with Crippen molar-refractivity contribution in [2.75, 3.05) is 18.2 Å². The summed E-state index contributed by atoms with van der Waals surface area (Å²) in [5.74, 6) is 0.274. The molecule has 0 bridgehead atoms. The lowest BCUT2D eigenvalue weighted by atomic mass is 10.2. The predicted molar refractivity (Wildman–Crippen MR) is 90.2 cm³/mol. The van der Waals surface area contributed by atoms with E-state index in [4.69, 9.17) is 10.5 Å². The van der Waals surface area contributed by atoms with Gasteiger partial charge in [0.2, 0.25) is 0 Å². The van der Waals surface area contributed by atoms with Gasteiger partial charge in [-0.2, -0.15) is 0 Å². The Labute approximate surface area is 141 Å². The molecular weight excluding hydrogens is 459 g/mol. The minimum absolute atomic E-state index is 0.319. The summed E-state index contributed by atoms with van der Waals surface area (Å²) in [4.78, 5) is 0. The van der Waals surface area contributed by atoms with Gasteiger partial charge in [0.1, 0.15) is 11.6 Å². The molecule has 0 heterocycles. The van der Waals surface area contributed by atoms with Gasteiger partial charge in [-0.25, -0.2) is 4.39 Å². The SMILES string of the molecule is COc1cc(Nc2cc(Br)c(F)cc2N)c(Br)cc1Br. The van der Waals surface area contributed by atoms with Crippen molar-refractivity contribution < 1.29 is 9.13 Å². The summed E-state index contributed by atoms with van der Waals surface area (Å²) in [5.41, 5.74) is 7.49. The standard InChI is InChI=1S/C13H10Br3FN2O/c1-20-13-5-11(7(15)2-8(13)16)19-12-3-6(14)9(17)4-10(12)18/h2-5,19H,18H2,1H3. The smallest absolute Gasteiger partial charge is 0.139 e. The Hall–Kier alpha value is -0.790. The molecule has 0 spiro atoms. The topological polar surface area (TPSA) is 47.3 Å². The molecule has 3 nitrogen and oxygen atoms in total. The third-order valence-electron chi connectivity index (χ3n) is 2.60. The number of hydrogen-bond donors (Lipinski definition) is 2. The van der Waals surface area contributed by atoms with Crippen LogP contribution in [0.5, 0.6) is 5.75 Å². The molecule has 0 aromatic heterocycles. The molecule has 7 heteroatoms. The highest BCUT2D eigenvalue weighted by Gasteiger charge is 2.11. The lowest BCUT2D eigenvalue weighted by Crippen LogP contribution is -1.99. The molecule has 20 heavy (non-hydrogen) atoms. The molecule has 0 unspecified atom stereocenters. The minimum atomic E-state index is -0.402. The van der Waals surface area contributed by atoms with Crippen molar-refractivity contribution in [3.05, 3.63) is 43.5 Å². The number of nitrogens with one attached hydrogen (secondary N) is 1. The summed E-state index contributed by atoms with van der Waals surface area (Å²) >= 11 is 9.99. The second-order valence-electron chi connectivity index (χ2n) is 3.95. The van der Waals surface area contributed by atoms with Crippen LogP contribution in [0.25, 0.3) is 0 Å². The van der Waals surface area contributed by atoms with E-state index < -0.39 is 5.82 Å². The summed E-state index contributed by atoms with van der Waals surface area (Å²) in [6.45, 7) is 0. The zero-order valence-corrected chi connectivity index (χ0v) is 15.1. The Morgan fingerprint density at radius 3 is 2.35 bits per heavy atom. The van der Waals surface area contributed by atoms with Crippen molar-refractivity contribution in [1.29, 1.82) is 0 Å². The van der Waals surface area contributed by atoms with Gasteiger partial charge in [-0.05, 0) is 59.9 Å². The van der Waals surface area contributed by atoms with E-state index in [1.54, 1.807) is 13.2 Å². The number of benzene rings is 2. The van der Waals surface area contributed by atoms with Gasteiger partial charge in [-0.15, -0.1) is 0 Å². The number of nitrogen functional groups attached to an aromatic ring is 1. The highest BCUT2D eigenvalue weighted by Crippen LogP contribution is 2.37. The fourth-order valence-electron chi connectivity index (χ4n) is 1.60. The first-order valence-corrected chi connectivity index (χ1v) is 7.85. The number of hydrogen-bond acceptors (Lipinski definition) is 3. The third-order valence-corrected chi connectivity index (χ3v) is 4.49. The Bertz CT molecular complexity index is 665. The van der Waals surface area contributed by atoms with Crippen LogP contribution >= 0.6 is 47.8 Å². The van der Waals surface area contributed by atoms with Gasteiger partial charge in [0.15, 0.2) is 0 Å². The van der Waals surface area contributed by atoms with Crippen LogP contribution in [0.3, 0.4) is 0 Å². The minimum Gasteiger partial charge on any atom is -0.495 e. The largest absolute Gasteiger partial charge is 0.495 e. The van der Waals surface area contributed by atoms with Gasteiger partial charge in [0, 0.05) is 16.6 Å². The summed E-state index contributed by atoms with van der Waals surface area (Å²) in [6, 6.07) is 6.52. The second-order valence-corrected chi connectivity index (χ2v) is 6.51. The second kappa shape index (κ2) is 6.32. The van der Waals surface area contributed by atoms with E-state index in [0.29, 0.717) is 21.6 Å². The van der Waals surface area contributed by atoms with Crippen LogP contribution in [-0.2, 0) is 0 Å². The molecule has 2 aromatic rings. The molecule has 0 radical (unpaired) electrons. The summed E-state index contributed by atoms with van der Waals surface area (Å²) in [7, 11) is 1.58. The van der Waals surface area contributed by atoms with E-state index in [0.717, 1.165) is 14.6 Å². The van der Waals surface area contributed by atoms with E-state index in [-0.39, 0.29) is 0 Å². The Morgan fingerprint density at radius 2 is 1.70 bits per heavy atom. The normalized spacial score (nSPS) is 10.4. The maximum Gasteiger partial charge on any atom is 0.139 e. The summed E-state index contributed by atoms with van der Waals surface area (Å²) in [5, 5.41) is 3.14. The highest BCUT2D eigenvalue weighted by molar-refractivity contribution is 9.11. The van der Waals surface area contributed by atoms with Crippen LogP contribution in [-0.4, -0.2) is 7.11 Å². The van der Waals surface area contributed by atoms with Crippen molar-refractivity contribution in [2.45, 2.75) is 0 Å². The van der Waals surface area contributed by atoms with Crippen LogP contribution < -0.4 is 15.8 Å². The fraction of sp³-hybridized carbons (Fsp3) is 0.0769. The Morgan fingerprint density at radius 1 is 1.00 bits per heavy atom. The quantitative estimate of drug-likeness (QED) is 0.589. The molecule has 0 aliphatic rings. The maximum absolute atomic E-state index is 13.4. The van der Waals surface area contributed by atoms with Gasteiger partial charge < -0.3 is 15.8 Å². The van der Waals surface area contributed by atoms with Crippen molar-refractivity contribution >= 4 is 64.9 Å². The van der Waals surface area contributed by atoms with Gasteiger partial charge in [-0.3, -0.25) is 0 Å². The zero-order valence-electron chi connectivity index (χ0n) is 10.3. The van der Waals surface area contributed by atoms with Gasteiger partial charge in [-0.1, -0.05) is 0 Å². The number of ether oxygens (including phenoxy) is 1. The van der Waals surface area contributed by atoms with E-state index >= 15 is 0 Å². The number of halogens is 4. The van der Waals surface area contributed by atoms with Gasteiger partial charge >= 0.3 is 0 Å². The maximum atomic E-state index is 13.4. The average Bonchev–Trinajstić information content (AvgIpc) is 2.38. The molecule has 0 aliphatic heterocycles. The first-order chi connectivity index (χ1) is 9.42. The molecule has 2 rings (SSSR count). The first kappa shape index (κ1) is 15.6.